The highest BCUT2D eigenvalue weighted by atomic mass is 16.6. The summed E-state index contributed by atoms with van der Waals surface area (Å²) in [5, 5.41) is 32.7. The van der Waals surface area contributed by atoms with E-state index in [0.29, 0.717) is 30.1 Å². The van der Waals surface area contributed by atoms with Crippen molar-refractivity contribution >= 4 is 17.0 Å². The number of ether oxygens (including phenoxy) is 2. The van der Waals surface area contributed by atoms with E-state index in [9.17, 15) is 15.3 Å². The van der Waals surface area contributed by atoms with Gasteiger partial charge in [-0.15, -0.1) is 0 Å². The second-order valence-corrected chi connectivity index (χ2v) is 6.72. The molecule has 1 fully saturated rings. The molecule has 154 valence electrons. The molecule has 29 heavy (non-hydrogen) atoms. The Morgan fingerprint density at radius 1 is 1.10 bits per heavy atom. The van der Waals surface area contributed by atoms with Gasteiger partial charge >= 0.3 is 0 Å². The number of hydrogen-bond acceptors (Lipinski definition) is 9. The van der Waals surface area contributed by atoms with E-state index in [4.69, 9.17) is 9.47 Å². The summed E-state index contributed by atoms with van der Waals surface area (Å²) in [6.45, 7) is 0.788. The third-order valence-electron chi connectivity index (χ3n) is 4.78. The fourth-order valence-electron chi connectivity index (χ4n) is 3.26. The summed E-state index contributed by atoms with van der Waals surface area (Å²) in [5.74, 6) is 1.38. The molecule has 3 heterocycles. The van der Waals surface area contributed by atoms with Gasteiger partial charge in [0, 0.05) is 6.54 Å². The number of aliphatic hydroxyl groups excluding tert-OH is 3. The lowest BCUT2D eigenvalue weighted by atomic mass is 10.1. The third-order valence-corrected chi connectivity index (χ3v) is 4.78. The quantitative estimate of drug-likeness (QED) is 0.394. The molecule has 3 aromatic rings. The lowest BCUT2D eigenvalue weighted by molar-refractivity contribution is -0.0511. The molecule has 10 heteroatoms. The predicted molar refractivity (Wildman–Crippen MR) is 103 cm³/mol. The molecule has 10 nitrogen and oxygen atoms in total. The molecule has 0 spiro atoms. The predicted octanol–water partition coefficient (Wildman–Crippen LogP) is 0.319. The molecule has 1 aliphatic rings. The number of rotatable bonds is 8. The lowest BCUT2D eigenvalue weighted by Crippen LogP contribution is -2.33. The summed E-state index contributed by atoms with van der Waals surface area (Å²) >= 11 is 0. The molecule has 0 bridgehead atoms. The van der Waals surface area contributed by atoms with Gasteiger partial charge in [0.15, 0.2) is 23.2 Å². The molecule has 0 unspecified atom stereocenters. The Kier molecular flexibility index (Phi) is 5.86. The number of anilines is 1. The molecule has 4 atom stereocenters. The maximum atomic E-state index is 10.2. The van der Waals surface area contributed by atoms with Crippen LogP contribution in [0.5, 0.6) is 5.75 Å². The number of benzene rings is 1. The second-order valence-electron chi connectivity index (χ2n) is 6.72. The summed E-state index contributed by atoms with van der Waals surface area (Å²) in [6.07, 6.45) is -0.521. The first kappa shape index (κ1) is 19.5. The van der Waals surface area contributed by atoms with Gasteiger partial charge in [0.05, 0.1) is 19.5 Å². The summed E-state index contributed by atoms with van der Waals surface area (Å²) in [5.41, 5.74) is 0.979. The number of para-hydroxylation sites is 1. The first-order valence-electron chi connectivity index (χ1n) is 9.40. The molecule has 4 N–H and O–H groups in total. The van der Waals surface area contributed by atoms with Gasteiger partial charge in [-0.1, -0.05) is 18.2 Å². The number of nitrogens with one attached hydrogen (secondary N) is 1. The Balaban J connectivity index is 1.40. The third kappa shape index (κ3) is 4.01. The van der Waals surface area contributed by atoms with Gasteiger partial charge < -0.3 is 30.1 Å². The van der Waals surface area contributed by atoms with E-state index >= 15 is 0 Å². The Labute approximate surface area is 166 Å². The number of hydrogen-bond donors (Lipinski definition) is 4. The molecule has 2 aromatic heterocycles. The molecular formula is C19H23N5O5. The molecule has 1 aliphatic heterocycles. The van der Waals surface area contributed by atoms with Crippen molar-refractivity contribution < 1.29 is 24.8 Å². The number of nitrogens with zero attached hydrogens (tertiary/aromatic N) is 4. The van der Waals surface area contributed by atoms with Crippen LogP contribution >= 0.6 is 0 Å². The standard InChI is InChI=1S/C19H23N5O5/c25-9-13-15(26)16(27)19(29-13)24-11-23-14-17(21-10-22-18(14)24)20-7-4-8-28-12-5-2-1-3-6-12/h1-3,5-6,10-11,13,15-16,19,25-27H,4,7-9H2,(H,20,21,22)/t13-,15-,16-,19-/m1/s1. The van der Waals surface area contributed by atoms with Crippen molar-refractivity contribution in [2.24, 2.45) is 0 Å². The number of fused-ring (bicyclic) bond motifs is 1. The Morgan fingerprint density at radius 2 is 1.93 bits per heavy atom. The van der Waals surface area contributed by atoms with Crippen molar-refractivity contribution in [2.75, 3.05) is 25.1 Å². The molecular weight excluding hydrogens is 378 g/mol. The fourth-order valence-corrected chi connectivity index (χ4v) is 3.26. The minimum Gasteiger partial charge on any atom is -0.494 e. The van der Waals surface area contributed by atoms with Crippen LogP contribution in [-0.4, -0.2) is 72.9 Å². The van der Waals surface area contributed by atoms with Gasteiger partial charge in [-0.3, -0.25) is 4.57 Å². The number of imidazole rings is 1. The highest BCUT2D eigenvalue weighted by molar-refractivity contribution is 5.82. The SMILES string of the molecule is OC[C@H]1O[C@@H](n2cnc3c(NCCCOc4ccccc4)ncnc32)[C@H](O)[C@@H]1O. The van der Waals surface area contributed by atoms with Crippen molar-refractivity contribution in [3.05, 3.63) is 43.0 Å². The molecule has 0 saturated carbocycles. The largest absolute Gasteiger partial charge is 0.494 e. The Bertz CT molecular complexity index is 937. The van der Waals surface area contributed by atoms with Crippen LogP contribution < -0.4 is 10.1 Å². The molecule has 0 aliphatic carbocycles. The zero-order chi connectivity index (χ0) is 20.2. The average Bonchev–Trinajstić information content (AvgIpc) is 3.30. The van der Waals surface area contributed by atoms with Crippen LogP contribution in [0.4, 0.5) is 5.82 Å². The first-order valence-corrected chi connectivity index (χ1v) is 9.40. The van der Waals surface area contributed by atoms with E-state index in [2.05, 4.69) is 20.3 Å². The molecule has 0 amide bonds. The zero-order valence-electron chi connectivity index (χ0n) is 15.6. The van der Waals surface area contributed by atoms with E-state index in [1.807, 2.05) is 30.3 Å². The van der Waals surface area contributed by atoms with Crippen LogP contribution in [0.15, 0.2) is 43.0 Å². The van der Waals surface area contributed by atoms with Gasteiger partial charge in [0.2, 0.25) is 0 Å². The summed E-state index contributed by atoms with van der Waals surface area (Å²) in [4.78, 5) is 12.8. The molecule has 4 rings (SSSR count). The summed E-state index contributed by atoms with van der Waals surface area (Å²) in [7, 11) is 0. The minimum absolute atomic E-state index is 0.395. The number of aliphatic hydroxyl groups is 3. The van der Waals surface area contributed by atoms with Crippen molar-refractivity contribution in [3.63, 3.8) is 0 Å². The van der Waals surface area contributed by atoms with E-state index in [0.717, 1.165) is 12.2 Å². The van der Waals surface area contributed by atoms with Crippen molar-refractivity contribution in [2.45, 2.75) is 31.0 Å². The van der Waals surface area contributed by atoms with Crippen LogP contribution in [0.1, 0.15) is 12.6 Å². The Hall–Kier alpha value is -2.79. The van der Waals surface area contributed by atoms with Crippen LogP contribution in [0.2, 0.25) is 0 Å². The Morgan fingerprint density at radius 3 is 2.69 bits per heavy atom. The van der Waals surface area contributed by atoms with Crippen molar-refractivity contribution in [1.82, 2.24) is 19.5 Å². The fraction of sp³-hybridized carbons (Fsp3) is 0.421. The van der Waals surface area contributed by atoms with Crippen LogP contribution in [-0.2, 0) is 4.74 Å². The highest BCUT2D eigenvalue weighted by Crippen LogP contribution is 2.32. The van der Waals surface area contributed by atoms with Gasteiger partial charge in [-0.2, -0.15) is 0 Å². The highest BCUT2D eigenvalue weighted by Gasteiger charge is 2.44. The second kappa shape index (κ2) is 8.70. The van der Waals surface area contributed by atoms with Gasteiger partial charge in [0.1, 0.15) is 30.4 Å². The summed E-state index contributed by atoms with van der Waals surface area (Å²) < 4.78 is 12.8. The first-order chi connectivity index (χ1) is 14.2. The van der Waals surface area contributed by atoms with Gasteiger partial charge in [0.25, 0.3) is 0 Å². The molecule has 1 saturated heterocycles. The average molecular weight is 401 g/mol. The van der Waals surface area contributed by atoms with E-state index in [1.54, 1.807) is 0 Å². The topological polar surface area (TPSA) is 135 Å². The van der Waals surface area contributed by atoms with E-state index in [1.165, 1.54) is 17.2 Å². The maximum absolute atomic E-state index is 10.2. The number of aromatic nitrogens is 4. The maximum Gasteiger partial charge on any atom is 0.167 e. The van der Waals surface area contributed by atoms with E-state index in [-0.39, 0.29) is 0 Å². The molecule has 0 radical (unpaired) electrons. The van der Waals surface area contributed by atoms with Crippen LogP contribution in [0.25, 0.3) is 11.2 Å². The minimum atomic E-state index is -1.20. The van der Waals surface area contributed by atoms with Crippen molar-refractivity contribution in [1.29, 1.82) is 0 Å². The van der Waals surface area contributed by atoms with Crippen molar-refractivity contribution in [3.8, 4) is 5.75 Å². The van der Waals surface area contributed by atoms with Gasteiger partial charge in [-0.25, -0.2) is 15.0 Å². The van der Waals surface area contributed by atoms with Crippen LogP contribution in [0, 0.1) is 0 Å². The lowest BCUT2D eigenvalue weighted by Gasteiger charge is -2.16. The summed E-state index contributed by atoms with van der Waals surface area (Å²) in [6, 6.07) is 9.61. The monoisotopic (exact) mass is 401 g/mol. The van der Waals surface area contributed by atoms with Crippen LogP contribution in [0.3, 0.4) is 0 Å². The zero-order valence-corrected chi connectivity index (χ0v) is 15.6. The smallest absolute Gasteiger partial charge is 0.167 e. The van der Waals surface area contributed by atoms with E-state index < -0.39 is 31.1 Å². The normalized spacial score (nSPS) is 24.1. The molecule has 1 aromatic carbocycles. The van der Waals surface area contributed by atoms with Gasteiger partial charge in [-0.05, 0) is 18.6 Å².